The first kappa shape index (κ1) is 17.7. The van der Waals surface area contributed by atoms with E-state index in [0.717, 1.165) is 44.8 Å². The number of rotatable bonds is 5. The van der Waals surface area contributed by atoms with Crippen molar-refractivity contribution in [2.45, 2.75) is 63.5 Å². The summed E-state index contributed by atoms with van der Waals surface area (Å²) >= 11 is 0. The van der Waals surface area contributed by atoms with Crippen LogP contribution in [-0.2, 0) is 4.79 Å². The van der Waals surface area contributed by atoms with E-state index in [1.54, 1.807) is 6.33 Å². The van der Waals surface area contributed by atoms with Gasteiger partial charge in [-0.3, -0.25) is 9.69 Å². The maximum absolute atomic E-state index is 12.6. The number of hydrogen-bond acceptors (Lipinski definition) is 5. The van der Waals surface area contributed by atoms with Crippen molar-refractivity contribution in [1.82, 2.24) is 19.8 Å². The van der Waals surface area contributed by atoms with Crippen molar-refractivity contribution >= 4 is 11.7 Å². The van der Waals surface area contributed by atoms with Crippen molar-refractivity contribution in [1.29, 1.82) is 0 Å². The summed E-state index contributed by atoms with van der Waals surface area (Å²) < 4.78 is 0. The summed E-state index contributed by atoms with van der Waals surface area (Å²) in [4.78, 5) is 28.2. The van der Waals surface area contributed by atoms with Gasteiger partial charge in [0.25, 0.3) is 0 Å². The lowest BCUT2D eigenvalue weighted by atomic mass is 10.0. The molecule has 26 heavy (non-hydrogen) atoms. The Morgan fingerprint density at radius 3 is 2.31 bits per heavy atom. The van der Waals surface area contributed by atoms with Gasteiger partial charge in [0, 0.05) is 44.5 Å². The molecule has 0 radical (unpaired) electrons. The van der Waals surface area contributed by atoms with Crippen LogP contribution in [0.4, 0.5) is 5.82 Å². The quantitative estimate of drug-likeness (QED) is 0.809. The summed E-state index contributed by atoms with van der Waals surface area (Å²) in [6.07, 6.45) is 13.2. The Hall–Kier alpha value is -1.69. The minimum Gasteiger partial charge on any atom is -0.350 e. The first-order chi connectivity index (χ1) is 12.8. The third-order valence-electron chi connectivity index (χ3n) is 6.04. The lowest BCUT2D eigenvalue weighted by Gasteiger charge is -2.39. The van der Waals surface area contributed by atoms with Crippen molar-refractivity contribution in [3.05, 3.63) is 18.6 Å². The zero-order valence-corrected chi connectivity index (χ0v) is 15.7. The topological polar surface area (TPSA) is 52.6 Å². The van der Waals surface area contributed by atoms with Crippen molar-refractivity contribution < 1.29 is 4.79 Å². The zero-order chi connectivity index (χ0) is 17.8. The van der Waals surface area contributed by atoms with Gasteiger partial charge >= 0.3 is 0 Å². The van der Waals surface area contributed by atoms with Crippen molar-refractivity contribution in [2.24, 2.45) is 0 Å². The van der Waals surface area contributed by atoms with E-state index in [9.17, 15) is 4.79 Å². The SMILES string of the molecule is O=C(CN1CCC(N(c2ccncn2)C2CC2)CC1)N1CCCCCC1. The van der Waals surface area contributed by atoms with Crippen LogP contribution in [-0.4, -0.2) is 70.5 Å². The number of amides is 1. The van der Waals surface area contributed by atoms with Gasteiger partial charge in [0.2, 0.25) is 5.91 Å². The molecule has 2 saturated heterocycles. The van der Waals surface area contributed by atoms with Crippen LogP contribution in [0, 0.1) is 0 Å². The predicted molar refractivity (Wildman–Crippen MR) is 102 cm³/mol. The highest BCUT2D eigenvalue weighted by molar-refractivity contribution is 5.78. The molecular formula is C20H31N5O. The second kappa shape index (κ2) is 8.33. The molecule has 1 amide bonds. The van der Waals surface area contributed by atoms with Gasteiger partial charge in [-0.25, -0.2) is 9.97 Å². The normalized spacial score (nSPS) is 22.8. The monoisotopic (exact) mass is 357 g/mol. The van der Waals surface area contributed by atoms with Crippen LogP contribution < -0.4 is 4.90 Å². The van der Waals surface area contributed by atoms with E-state index in [1.807, 2.05) is 12.3 Å². The molecule has 3 fully saturated rings. The molecule has 1 aromatic rings. The first-order valence-electron chi connectivity index (χ1n) is 10.4. The van der Waals surface area contributed by atoms with E-state index in [2.05, 4.69) is 24.7 Å². The largest absolute Gasteiger partial charge is 0.350 e. The van der Waals surface area contributed by atoms with E-state index >= 15 is 0 Å². The van der Waals surface area contributed by atoms with Crippen molar-refractivity contribution in [3.8, 4) is 0 Å². The van der Waals surface area contributed by atoms with Gasteiger partial charge in [-0.1, -0.05) is 12.8 Å². The number of aromatic nitrogens is 2. The summed E-state index contributed by atoms with van der Waals surface area (Å²) in [6.45, 7) is 4.54. The summed E-state index contributed by atoms with van der Waals surface area (Å²) in [6, 6.07) is 3.23. The van der Waals surface area contributed by atoms with Crippen molar-refractivity contribution in [3.63, 3.8) is 0 Å². The Labute approximate surface area is 156 Å². The molecule has 6 nitrogen and oxygen atoms in total. The smallest absolute Gasteiger partial charge is 0.236 e. The van der Waals surface area contributed by atoms with E-state index in [0.29, 0.717) is 24.5 Å². The van der Waals surface area contributed by atoms with E-state index in [1.165, 1.54) is 38.5 Å². The molecule has 142 valence electrons. The van der Waals surface area contributed by atoms with Gasteiger partial charge in [0.1, 0.15) is 12.1 Å². The second-order valence-corrected chi connectivity index (χ2v) is 8.01. The number of piperidine rings is 1. The number of carbonyl (C=O) groups excluding carboxylic acids is 1. The van der Waals surface area contributed by atoms with Crippen LogP contribution in [0.3, 0.4) is 0 Å². The van der Waals surface area contributed by atoms with Crippen molar-refractivity contribution in [2.75, 3.05) is 37.6 Å². The van der Waals surface area contributed by atoms with Crippen LogP contribution in [0.2, 0.25) is 0 Å². The fraction of sp³-hybridized carbons (Fsp3) is 0.750. The minimum atomic E-state index is 0.334. The molecule has 6 heteroatoms. The first-order valence-corrected chi connectivity index (χ1v) is 10.4. The van der Waals surface area contributed by atoms with Crippen LogP contribution in [0.25, 0.3) is 0 Å². The molecule has 1 aromatic heterocycles. The molecule has 1 saturated carbocycles. The second-order valence-electron chi connectivity index (χ2n) is 8.01. The Morgan fingerprint density at radius 2 is 1.69 bits per heavy atom. The Kier molecular flexibility index (Phi) is 5.68. The summed E-state index contributed by atoms with van der Waals surface area (Å²) in [5.74, 6) is 1.40. The lowest BCUT2D eigenvalue weighted by molar-refractivity contribution is -0.132. The highest BCUT2D eigenvalue weighted by Gasteiger charge is 2.36. The van der Waals surface area contributed by atoms with E-state index in [4.69, 9.17) is 0 Å². The third kappa shape index (κ3) is 4.34. The molecule has 0 unspecified atom stereocenters. The standard InChI is InChI=1S/C20H31N5O/c26-20(24-11-3-1-2-4-12-24)15-23-13-8-18(9-14-23)25(17-5-6-17)19-7-10-21-16-22-19/h7,10,16-18H,1-6,8-9,11-15H2. The number of carbonyl (C=O) groups is 1. The molecule has 0 N–H and O–H groups in total. The molecular weight excluding hydrogens is 326 g/mol. The van der Waals surface area contributed by atoms with Crippen LogP contribution in [0.1, 0.15) is 51.4 Å². The molecule has 3 aliphatic rings. The molecule has 2 aliphatic heterocycles. The highest BCUT2D eigenvalue weighted by Crippen LogP contribution is 2.35. The average Bonchev–Trinajstić information content (AvgIpc) is 3.51. The Morgan fingerprint density at radius 1 is 1.00 bits per heavy atom. The Bertz CT molecular complexity index is 575. The summed E-state index contributed by atoms with van der Waals surface area (Å²) in [5, 5.41) is 0. The fourth-order valence-corrected chi connectivity index (χ4v) is 4.43. The maximum atomic E-state index is 12.6. The lowest BCUT2D eigenvalue weighted by Crippen LogP contribution is -2.49. The van der Waals surface area contributed by atoms with E-state index in [-0.39, 0.29) is 0 Å². The van der Waals surface area contributed by atoms with Gasteiger partial charge in [-0.2, -0.15) is 0 Å². The molecule has 4 rings (SSSR count). The van der Waals surface area contributed by atoms with Gasteiger partial charge in [0.05, 0.1) is 6.54 Å². The average molecular weight is 358 g/mol. The van der Waals surface area contributed by atoms with Crippen LogP contribution in [0.15, 0.2) is 18.6 Å². The van der Waals surface area contributed by atoms with Gasteiger partial charge in [0.15, 0.2) is 0 Å². The summed E-state index contributed by atoms with van der Waals surface area (Å²) in [7, 11) is 0. The number of nitrogens with zero attached hydrogens (tertiary/aromatic N) is 5. The molecule has 0 bridgehead atoms. The Balaban J connectivity index is 1.30. The maximum Gasteiger partial charge on any atom is 0.236 e. The van der Waals surface area contributed by atoms with Crippen LogP contribution >= 0.6 is 0 Å². The van der Waals surface area contributed by atoms with Gasteiger partial charge in [-0.15, -0.1) is 0 Å². The number of likely N-dealkylation sites (tertiary alicyclic amines) is 2. The summed E-state index contributed by atoms with van der Waals surface area (Å²) in [5.41, 5.74) is 0. The molecule has 0 atom stereocenters. The molecule has 1 aliphatic carbocycles. The molecule has 0 spiro atoms. The highest BCUT2D eigenvalue weighted by atomic mass is 16.2. The van der Waals surface area contributed by atoms with Crippen LogP contribution in [0.5, 0.6) is 0 Å². The number of anilines is 1. The predicted octanol–water partition coefficient (Wildman–Crippen LogP) is 2.31. The van der Waals surface area contributed by atoms with Gasteiger partial charge < -0.3 is 9.80 Å². The van der Waals surface area contributed by atoms with Gasteiger partial charge in [-0.05, 0) is 44.6 Å². The fourth-order valence-electron chi connectivity index (χ4n) is 4.43. The van der Waals surface area contributed by atoms with E-state index < -0.39 is 0 Å². The molecule has 3 heterocycles. The zero-order valence-electron chi connectivity index (χ0n) is 15.7. The number of hydrogen-bond donors (Lipinski definition) is 0. The molecule has 0 aromatic carbocycles. The minimum absolute atomic E-state index is 0.334. The third-order valence-corrected chi connectivity index (χ3v) is 6.04.